The maximum Gasteiger partial charge on any atom is 0.243 e. The van der Waals surface area contributed by atoms with E-state index >= 15 is 0 Å². The molecule has 8 nitrogen and oxygen atoms in total. The second kappa shape index (κ2) is 14.0. The van der Waals surface area contributed by atoms with Crippen LogP contribution in [0, 0.1) is 0 Å². The van der Waals surface area contributed by atoms with Crippen molar-refractivity contribution in [3.05, 3.63) is 42.4 Å². The van der Waals surface area contributed by atoms with Crippen LogP contribution < -0.4 is 5.32 Å². The van der Waals surface area contributed by atoms with Gasteiger partial charge in [-0.05, 0) is 18.9 Å². The fraction of sp³-hybridized carbons (Fsp3) is 0.476. The molecule has 9 heteroatoms. The van der Waals surface area contributed by atoms with Crippen molar-refractivity contribution in [3.8, 4) is 11.3 Å². The van der Waals surface area contributed by atoms with Crippen LogP contribution >= 0.6 is 24.0 Å². The van der Waals surface area contributed by atoms with Crippen molar-refractivity contribution in [2.75, 3.05) is 47.4 Å². The van der Waals surface area contributed by atoms with E-state index < -0.39 is 0 Å². The Morgan fingerprint density at radius 3 is 2.63 bits per heavy atom. The molecule has 0 unspecified atom stereocenters. The molecule has 0 aliphatic heterocycles. The van der Waals surface area contributed by atoms with Crippen molar-refractivity contribution >= 4 is 35.8 Å². The van der Waals surface area contributed by atoms with Gasteiger partial charge in [0.25, 0.3) is 0 Å². The molecule has 0 saturated heterocycles. The van der Waals surface area contributed by atoms with Crippen LogP contribution in [0.1, 0.15) is 19.2 Å². The number of halogens is 1. The summed E-state index contributed by atoms with van der Waals surface area (Å²) in [5.74, 6) is 1.44. The number of nitrogens with zero attached hydrogens (tertiary/aromatic N) is 4. The first-order valence-corrected chi connectivity index (χ1v) is 9.88. The number of guanidine groups is 1. The minimum Gasteiger partial charge on any atom is -0.382 e. The minimum absolute atomic E-state index is 0. The topological polar surface area (TPSA) is 85.8 Å². The molecule has 1 amide bonds. The summed E-state index contributed by atoms with van der Waals surface area (Å²) in [5, 5.41) is 3.31. The zero-order valence-corrected chi connectivity index (χ0v) is 20.6. The molecule has 0 aliphatic rings. The summed E-state index contributed by atoms with van der Waals surface area (Å²) in [6.07, 6.45) is 2.70. The van der Waals surface area contributed by atoms with Gasteiger partial charge < -0.3 is 24.8 Å². The zero-order chi connectivity index (χ0) is 21.1. The predicted molar refractivity (Wildman–Crippen MR) is 131 cm³/mol. The van der Waals surface area contributed by atoms with E-state index in [1.165, 1.54) is 4.90 Å². The second-order valence-corrected chi connectivity index (χ2v) is 6.87. The van der Waals surface area contributed by atoms with Gasteiger partial charge in [0, 0.05) is 40.9 Å². The van der Waals surface area contributed by atoms with Crippen molar-refractivity contribution in [2.24, 2.45) is 4.99 Å². The Hall–Kier alpha value is -2.14. The molecule has 2 aromatic rings. The largest absolute Gasteiger partial charge is 0.382 e. The lowest BCUT2D eigenvalue weighted by molar-refractivity contribution is -0.127. The van der Waals surface area contributed by atoms with E-state index in [9.17, 15) is 4.79 Å². The molecule has 0 radical (unpaired) electrons. The number of aromatic nitrogens is 2. The molecule has 2 N–H and O–H groups in total. The number of imidazole rings is 1. The Labute approximate surface area is 196 Å². The quantitative estimate of drug-likeness (QED) is 0.214. The lowest BCUT2D eigenvalue weighted by Gasteiger charge is -2.22. The molecule has 1 aromatic heterocycles. The third kappa shape index (κ3) is 8.70. The Kier molecular flexibility index (Phi) is 12.1. The standard InChI is InChI=1S/C21H32N6O2.HI/c1-5-29-13-9-12-22-21(24-15-20(28)26(2)3)27(4)16-19-23-14-18(25-19)17-10-7-6-8-11-17;/h6-8,10-11,14H,5,9,12-13,15-16H2,1-4H3,(H,22,24)(H,23,25);1H. The van der Waals surface area contributed by atoms with Crippen LogP contribution in [0.25, 0.3) is 11.3 Å². The molecule has 166 valence electrons. The monoisotopic (exact) mass is 528 g/mol. The summed E-state index contributed by atoms with van der Waals surface area (Å²) in [7, 11) is 5.38. The molecule has 1 aromatic carbocycles. The maximum absolute atomic E-state index is 11.9. The van der Waals surface area contributed by atoms with E-state index in [2.05, 4.69) is 20.3 Å². The molecule has 2 rings (SSSR count). The first-order valence-electron chi connectivity index (χ1n) is 9.88. The average Bonchev–Trinajstić information content (AvgIpc) is 3.18. The Morgan fingerprint density at radius 1 is 1.23 bits per heavy atom. The van der Waals surface area contributed by atoms with Gasteiger partial charge in [0.1, 0.15) is 12.4 Å². The van der Waals surface area contributed by atoms with Gasteiger partial charge in [-0.15, -0.1) is 24.0 Å². The fourth-order valence-corrected chi connectivity index (χ4v) is 2.62. The number of carbonyl (C=O) groups is 1. The number of rotatable bonds is 10. The first-order chi connectivity index (χ1) is 14.0. The highest BCUT2D eigenvalue weighted by Gasteiger charge is 2.12. The highest BCUT2D eigenvalue weighted by atomic mass is 127. The summed E-state index contributed by atoms with van der Waals surface area (Å²) >= 11 is 0. The number of hydrogen-bond donors (Lipinski definition) is 2. The van der Waals surface area contributed by atoms with Gasteiger partial charge in [0.15, 0.2) is 5.96 Å². The van der Waals surface area contributed by atoms with E-state index in [0.717, 1.165) is 23.5 Å². The van der Waals surface area contributed by atoms with Crippen LogP contribution in [0.3, 0.4) is 0 Å². The third-order valence-corrected chi connectivity index (χ3v) is 4.28. The molecule has 0 atom stereocenters. The highest BCUT2D eigenvalue weighted by molar-refractivity contribution is 14.0. The number of aromatic amines is 1. The van der Waals surface area contributed by atoms with E-state index in [1.54, 1.807) is 14.1 Å². The Morgan fingerprint density at radius 2 is 1.97 bits per heavy atom. The van der Waals surface area contributed by atoms with E-state index in [-0.39, 0.29) is 36.4 Å². The van der Waals surface area contributed by atoms with Crippen LogP contribution in [0.4, 0.5) is 0 Å². The number of hydrogen-bond acceptors (Lipinski definition) is 4. The van der Waals surface area contributed by atoms with Crippen LogP contribution in [0.5, 0.6) is 0 Å². The number of benzene rings is 1. The zero-order valence-electron chi connectivity index (χ0n) is 18.2. The van der Waals surface area contributed by atoms with E-state index in [0.29, 0.717) is 32.3 Å². The molecule has 30 heavy (non-hydrogen) atoms. The van der Waals surface area contributed by atoms with E-state index in [4.69, 9.17) is 4.74 Å². The van der Waals surface area contributed by atoms with Crippen molar-refractivity contribution in [1.29, 1.82) is 0 Å². The lowest BCUT2D eigenvalue weighted by atomic mass is 10.2. The van der Waals surface area contributed by atoms with Crippen LogP contribution in [-0.2, 0) is 16.1 Å². The SMILES string of the molecule is CCOCCCNC(=NCC(=O)N(C)C)N(C)Cc1ncc(-c2ccccc2)[nH]1.I. The van der Waals surface area contributed by atoms with Crippen LogP contribution in [0.15, 0.2) is 41.5 Å². The molecule has 0 aliphatic carbocycles. The van der Waals surface area contributed by atoms with Gasteiger partial charge in [-0.2, -0.15) is 0 Å². The van der Waals surface area contributed by atoms with Gasteiger partial charge in [0.05, 0.1) is 18.4 Å². The minimum atomic E-state index is -0.0450. The van der Waals surface area contributed by atoms with Crippen molar-refractivity contribution in [1.82, 2.24) is 25.1 Å². The lowest BCUT2D eigenvalue weighted by Crippen LogP contribution is -2.40. The summed E-state index contributed by atoms with van der Waals surface area (Å²) in [5.41, 5.74) is 2.06. The first kappa shape index (κ1) is 25.9. The Balaban J connectivity index is 0.00000450. The van der Waals surface area contributed by atoms with Gasteiger partial charge in [-0.3, -0.25) is 4.79 Å². The average molecular weight is 528 g/mol. The number of likely N-dealkylation sites (N-methyl/N-ethyl adjacent to an activating group) is 1. The third-order valence-electron chi connectivity index (χ3n) is 4.28. The molecule has 0 fully saturated rings. The molecule has 0 spiro atoms. The molecule has 1 heterocycles. The summed E-state index contributed by atoms with van der Waals surface area (Å²) in [6, 6.07) is 10.1. The molecular weight excluding hydrogens is 495 g/mol. The van der Waals surface area contributed by atoms with Crippen molar-refractivity contribution in [2.45, 2.75) is 19.9 Å². The summed E-state index contributed by atoms with van der Waals surface area (Å²) < 4.78 is 5.38. The van der Waals surface area contributed by atoms with E-state index in [1.807, 2.05) is 55.4 Å². The van der Waals surface area contributed by atoms with Crippen molar-refractivity contribution < 1.29 is 9.53 Å². The highest BCUT2D eigenvalue weighted by Crippen LogP contribution is 2.16. The van der Waals surface area contributed by atoms with Crippen molar-refractivity contribution in [3.63, 3.8) is 0 Å². The fourth-order valence-electron chi connectivity index (χ4n) is 2.62. The summed E-state index contributed by atoms with van der Waals surface area (Å²) in [6.45, 7) is 4.73. The smallest absolute Gasteiger partial charge is 0.243 e. The van der Waals surface area contributed by atoms with Gasteiger partial charge >= 0.3 is 0 Å². The number of ether oxygens (including phenoxy) is 1. The normalized spacial score (nSPS) is 11.0. The van der Waals surface area contributed by atoms with Crippen LogP contribution in [-0.4, -0.2) is 79.1 Å². The molecular formula is C21H33IN6O2. The summed E-state index contributed by atoms with van der Waals surface area (Å²) in [4.78, 5) is 27.7. The maximum atomic E-state index is 11.9. The van der Waals surface area contributed by atoms with Gasteiger partial charge in [-0.25, -0.2) is 9.98 Å². The molecule has 0 bridgehead atoms. The predicted octanol–water partition coefficient (Wildman–Crippen LogP) is 2.59. The second-order valence-electron chi connectivity index (χ2n) is 6.87. The number of amides is 1. The number of aliphatic imine (C=N–C) groups is 1. The molecule has 0 saturated carbocycles. The number of nitrogens with one attached hydrogen (secondary N) is 2. The van der Waals surface area contributed by atoms with Gasteiger partial charge in [0.2, 0.25) is 5.91 Å². The van der Waals surface area contributed by atoms with Gasteiger partial charge in [-0.1, -0.05) is 30.3 Å². The Bertz CT molecular complexity index is 779. The number of H-pyrrole nitrogens is 1. The number of carbonyl (C=O) groups excluding carboxylic acids is 1. The van der Waals surface area contributed by atoms with Crippen LogP contribution in [0.2, 0.25) is 0 Å².